The first-order valence-electron chi connectivity index (χ1n) is 8.18. The second-order valence-corrected chi connectivity index (χ2v) is 5.68. The maximum Gasteiger partial charge on any atom is 0.0616 e. The fraction of sp³-hybridized carbons (Fsp3) is 1.00. The van der Waals surface area contributed by atoms with Crippen molar-refractivity contribution in [2.45, 2.75) is 84.3 Å². The van der Waals surface area contributed by atoms with Crippen molar-refractivity contribution < 1.29 is 4.74 Å². The van der Waals surface area contributed by atoms with Crippen LogP contribution < -0.4 is 5.32 Å². The predicted molar refractivity (Wildman–Crippen MR) is 79.0 cm³/mol. The van der Waals surface area contributed by atoms with E-state index >= 15 is 0 Å². The molecule has 1 aliphatic rings. The molecule has 2 nitrogen and oxygen atoms in total. The van der Waals surface area contributed by atoms with Gasteiger partial charge in [-0.15, -0.1) is 0 Å². The quantitative estimate of drug-likeness (QED) is 0.592. The van der Waals surface area contributed by atoms with Crippen LogP contribution in [-0.4, -0.2) is 25.3 Å². The number of rotatable bonds is 10. The topological polar surface area (TPSA) is 21.3 Å². The molecule has 0 spiro atoms. The highest BCUT2D eigenvalue weighted by Crippen LogP contribution is 2.29. The van der Waals surface area contributed by atoms with Gasteiger partial charge in [0.15, 0.2) is 0 Å². The normalized spacial score (nSPS) is 25.5. The molecule has 3 atom stereocenters. The van der Waals surface area contributed by atoms with Crippen LogP contribution in [0.25, 0.3) is 0 Å². The lowest BCUT2D eigenvalue weighted by atomic mass is 9.87. The summed E-state index contributed by atoms with van der Waals surface area (Å²) in [5.41, 5.74) is 0. The highest BCUT2D eigenvalue weighted by molar-refractivity contribution is 4.85. The van der Waals surface area contributed by atoms with Gasteiger partial charge in [0.1, 0.15) is 0 Å². The largest absolute Gasteiger partial charge is 0.378 e. The smallest absolute Gasteiger partial charge is 0.0616 e. The van der Waals surface area contributed by atoms with Crippen LogP contribution >= 0.6 is 0 Å². The lowest BCUT2D eigenvalue weighted by molar-refractivity contribution is 0.0761. The summed E-state index contributed by atoms with van der Waals surface area (Å²) in [4.78, 5) is 0. The summed E-state index contributed by atoms with van der Waals surface area (Å²) in [5, 5.41) is 3.77. The van der Waals surface area contributed by atoms with Gasteiger partial charge in [0.05, 0.1) is 6.10 Å². The van der Waals surface area contributed by atoms with Crippen LogP contribution in [0, 0.1) is 5.92 Å². The molecular weight excluding hydrogens is 222 g/mol. The zero-order chi connectivity index (χ0) is 13.2. The molecule has 2 heteroatoms. The van der Waals surface area contributed by atoms with Crippen LogP contribution in [0.15, 0.2) is 0 Å². The minimum absolute atomic E-state index is 0.505. The van der Waals surface area contributed by atoms with E-state index in [1.165, 1.54) is 51.4 Å². The summed E-state index contributed by atoms with van der Waals surface area (Å²) in [5.74, 6) is 0.753. The number of unbranched alkanes of at least 4 members (excludes halogenated alkanes) is 3. The molecule has 1 aliphatic heterocycles. The van der Waals surface area contributed by atoms with Crippen molar-refractivity contribution in [2.75, 3.05) is 13.2 Å². The Kier molecular flexibility index (Phi) is 8.70. The lowest BCUT2D eigenvalue weighted by Gasteiger charge is -2.28. The van der Waals surface area contributed by atoms with E-state index in [1.807, 2.05) is 0 Å². The number of hydrogen-bond acceptors (Lipinski definition) is 2. The second-order valence-electron chi connectivity index (χ2n) is 5.68. The first-order valence-corrected chi connectivity index (χ1v) is 8.18. The van der Waals surface area contributed by atoms with Crippen molar-refractivity contribution in [2.24, 2.45) is 5.92 Å². The van der Waals surface area contributed by atoms with Crippen molar-refractivity contribution in [1.29, 1.82) is 0 Å². The predicted octanol–water partition coefficient (Wildman–Crippen LogP) is 4.14. The van der Waals surface area contributed by atoms with Gasteiger partial charge < -0.3 is 10.1 Å². The van der Waals surface area contributed by atoms with E-state index in [0.29, 0.717) is 12.1 Å². The van der Waals surface area contributed by atoms with Crippen LogP contribution in [-0.2, 0) is 4.74 Å². The Bertz CT molecular complexity index is 196. The Morgan fingerprint density at radius 1 is 1.11 bits per heavy atom. The van der Waals surface area contributed by atoms with Crippen molar-refractivity contribution in [3.63, 3.8) is 0 Å². The summed E-state index contributed by atoms with van der Waals surface area (Å²) in [6.45, 7) is 8.93. The van der Waals surface area contributed by atoms with E-state index in [1.54, 1.807) is 0 Å². The average Bonchev–Trinajstić information content (AvgIpc) is 2.86. The number of ether oxygens (including phenoxy) is 1. The van der Waals surface area contributed by atoms with Crippen molar-refractivity contribution in [3.05, 3.63) is 0 Å². The van der Waals surface area contributed by atoms with Gasteiger partial charge in [-0.25, -0.2) is 0 Å². The molecule has 1 fully saturated rings. The lowest BCUT2D eigenvalue weighted by Crippen LogP contribution is -2.40. The maximum absolute atomic E-state index is 5.86. The molecule has 1 N–H and O–H groups in total. The fourth-order valence-electron chi connectivity index (χ4n) is 3.13. The summed E-state index contributed by atoms with van der Waals surface area (Å²) < 4.78 is 5.86. The van der Waals surface area contributed by atoms with Crippen LogP contribution in [0.4, 0.5) is 0 Å². The Balaban J connectivity index is 2.38. The molecular formula is C16H33NO. The highest BCUT2D eigenvalue weighted by atomic mass is 16.5. The molecule has 0 aromatic heterocycles. The highest BCUT2D eigenvalue weighted by Gasteiger charge is 2.32. The maximum atomic E-state index is 5.86. The molecule has 0 aliphatic carbocycles. The molecule has 0 aromatic carbocycles. The van der Waals surface area contributed by atoms with E-state index in [-0.39, 0.29) is 0 Å². The Labute approximate surface area is 114 Å². The molecule has 0 radical (unpaired) electrons. The van der Waals surface area contributed by atoms with Gasteiger partial charge in [-0.3, -0.25) is 0 Å². The summed E-state index contributed by atoms with van der Waals surface area (Å²) in [6, 6.07) is 0.689. The fourth-order valence-corrected chi connectivity index (χ4v) is 3.13. The molecule has 1 saturated heterocycles. The molecule has 3 unspecified atom stereocenters. The standard InChI is InChI=1S/C16H33NO/c1-4-7-8-9-10-15(17-12-5-2)14-11-13-18-16(14)6-3/h14-17H,4-13H2,1-3H3. The van der Waals surface area contributed by atoms with E-state index in [9.17, 15) is 0 Å². The molecule has 108 valence electrons. The zero-order valence-electron chi connectivity index (χ0n) is 12.7. The van der Waals surface area contributed by atoms with Gasteiger partial charge in [-0.05, 0) is 32.2 Å². The minimum Gasteiger partial charge on any atom is -0.378 e. The van der Waals surface area contributed by atoms with Gasteiger partial charge in [-0.1, -0.05) is 46.5 Å². The Hall–Kier alpha value is -0.0800. The van der Waals surface area contributed by atoms with Crippen LogP contribution in [0.1, 0.15) is 72.1 Å². The average molecular weight is 255 g/mol. The SMILES string of the molecule is CCCCCCC(NCCC)C1CCOC1CC. The van der Waals surface area contributed by atoms with Crippen LogP contribution in [0.5, 0.6) is 0 Å². The van der Waals surface area contributed by atoms with Crippen LogP contribution in [0.2, 0.25) is 0 Å². The second kappa shape index (κ2) is 9.80. The molecule has 0 bridgehead atoms. The van der Waals surface area contributed by atoms with E-state index in [0.717, 1.165) is 19.1 Å². The Morgan fingerprint density at radius 3 is 2.61 bits per heavy atom. The number of hydrogen-bond donors (Lipinski definition) is 1. The van der Waals surface area contributed by atoms with Gasteiger partial charge in [0.2, 0.25) is 0 Å². The van der Waals surface area contributed by atoms with Crippen molar-refractivity contribution in [1.82, 2.24) is 5.32 Å². The molecule has 0 saturated carbocycles. The van der Waals surface area contributed by atoms with Gasteiger partial charge in [0, 0.05) is 18.6 Å². The molecule has 0 aromatic rings. The van der Waals surface area contributed by atoms with Crippen molar-refractivity contribution >= 4 is 0 Å². The van der Waals surface area contributed by atoms with Gasteiger partial charge in [0.25, 0.3) is 0 Å². The molecule has 18 heavy (non-hydrogen) atoms. The van der Waals surface area contributed by atoms with Crippen molar-refractivity contribution in [3.8, 4) is 0 Å². The third kappa shape index (κ3) is 5.27. The van der Waals surface area contributed by atoms with Gasteiger partial charge in [-0.2, -0.15) is 0 Å². The zero-order valence-corrected chi connectivity index (χ0v) is 12.7. The van der Waals surface area contributed by atoms with Gasteiger partial charge >= 0.3 is 0 Å². The summed E-state index contributed by atoms with van der Waals surface area (Å²) >= 11 is 0. The van der Waals surface area contributed by atoms with E-state index < -0.39 is 0 Å². The molecule has 1 rings (SSSR count). The first kappa shape index (κ1) is 16.0. The third-order valence-electron chi connectivity index (χ3n) is 4.21. The molecule has 0 amide bonds. The number of nitrogens with one attached hydrogen (secondary N) is 1. The summed E-state index contributed by atoms with van der Waals surface area (Å²) in [7, 11) is 0. The Morgan fingerprint density at radius 2 is 1.94 bits per heavy atom. The molecule has 1 heterocycles. The van der Waals surface area contributed by atoms with E-state index in [4.69, 9.17) is 4.74 Å². The summed E-state index contributed by atoms with van der Waals surface area (Å²) in [6.07, 6.45) is 11.0. The van der Waals surface area contributed by atoms with E-state index in [2.05, 4.69) is 26.1 Å². The first-order chi connectivity index (χ1) is 8.83. The third-order valence-corrected chi connectivity index (χ3v) is 4.21. The van der Waals surface area contributed by atoms with Crippen LogP contribution in [0.3, 0.4) is 0 Å². The monoisotopic (exact) mass is 255 g/mol. The minimum atomic E-state index is 0.505.